The highest BCUT2D eigenvalue weighted by Gasteiger charge is 2.15. The predicted octanol–water partition coefficient (Wildman–Crippen LogP) is -1.94. The summed E-state index contributed by atoms with van der Waals surface area (Å²) in [6.07, 6.45) is 0. The summed E-state index contributed by atoms with van der Waals surface area (Å²) in [6, 6.07) is 7.91. The van der Waals surface area contributed by atoms with Crippen molar-refractivity contribution in [2.75, 3.05) is 0 Å². The summed E-state index contributed by atoms with van der Waals surface area (Å²) < 4.78 is 1.60. The first-order valence-electron chi connectivity index (χ1n) is 5.35. The largest absolute Gasteiger partial charge is 0.376 e. The number of nitrogens with zero attached hydrogens (tertiary/aromatic N) is 3. The first kappa shape index (κ1) is 13.0. The summed E-state index contributed by atoms with van der Waals surface area (Å²) in [5.74, 6) is 0. The molecule has 0 radical (unpaired) electrons. The van der Waals surface area contributed by atoms with E-state index in [0.717, 1.165) is 0 Å². The summed E-state index contributed by atoms with van der Waals surface area (Å²) in [5.41, 5.74) is -2.75. The van der Waals surface area contributed by atoms with Crippen LogP contribution in [0.15, 0.2) is 44.7 Å². The molecule has 0 aliphatic rings. The van der Waals surface area contributed by atoms with Crippen LogP contribution in [0.5, 0.6) is 0 Å². The molecule has 2 N–H and O–H groups in total. The summed E-state index contributed by atoms with van der Waals surface area (Å²) in [6.45, 7) is -1.77. The molecule has 0 spiro atoms. The van der Waals surface area contributed by atoms with Gasteiger partial charge >= 0.3 is 17.1 Å². The van der Waals surface area contributed by atoms with Crippen LogP contribution in [0.2, 0.25) is 0 Å². The highest BCUT2D eigenvalue weighted by atomic mass is 16.3. The van der Waals surface area contributed by atoms with Crippen molar-refractivity contribution in [2.45, 2.75) is 13.5 Å². The van der Waals surface area contributed by atoms with Crippen LogP contribution in [0, 0.1) is 0 Å². The van der Waals surface area contributed by atoms with Gasteiger partial charge in [0, 0.05) is 0 Å². The Kier molecular flexibility index (Phi) is 3.45. The summed E-state index contributed by atoms with van der Waals surface area (Å²) >= 11 is 0. The molecule has 8 heteroatoms. The van der Waals surface area contributed by atoms with Crippen LogP contribution >= 0.6 is 0 Å². The molecule has 2 rings (SSSR count). The van der Waals surface area contributed by atoms with Crippen molar-refractivity contribution >= 4 is 0 Å². The van der Waals surface area contributed by atoms with Crippen molar-refractivity contribution in [3.8, 4) is 5.69 Å². The first-order chi connectivity index (χ1) is 9.11. The Bertz CT molecular complexity index is 714. The molecule has 1 aromatic carbocycles. The molecular weight excluding hydrogens is 254 g/mol. The van der Waals surface area contributed by atoms with Crippen LogP contribution in [-0.2, 0) is 13.5 Å². The number of benzene rings is 1. The molecule has 1 aromatic heterocycles. The Labute approximate surface area is 106 Å². The van der Waals surface area contributed by atoms with Crippen LogP contribution in [0.1, 0.15) is 0 Å². The van der Waals surface area contributed by atoms with E-state index in [0.29, 0.717) is 13.7 Å². The van der Waals surface area contributed by atoms with Gasteiger partial charge in [0.25, 0.3) is 0 Å². The Hall–Kier alpha value is -2.45. The number of aliphatic hydroxyl groups is 2. The lowest BCUT2D eigenvalue weighted by molar-refractivity contribution is 0.165. The molecule has 0 aliphatic carbocycles. The van der Waals surface area contributed by atoms with Gasteiger partial charge in [-0.25, -0.2) is 28.1 Å². The van der Waals surface area contributed by atoms with Crippen molar-refractivity contribution in [1.29, 1.82) is 0 Å². The van der Waals surface area contributed by atoms with Gasteiger partial charge < -0.3 is 10.2 Å². The van der Waals surface area contributed by atoms with E-state index >= 15 is 0 Å². The van der Waals surface area contributed by atoms with E-state index in [1.54, 1.807) is 18.2 Å². The molecule has 0 atom stereocenters. The summed E-state index contributed by atoms with van der Waals surface area (Å²) in [7, 11) is 0. The fourth-order valence-corrected chi connectivity index (χ4v) is 1.67. The van der Waals surface area contributed by atoms with E-state index in [-0.39, 0.29) is 5.69 Å². The molecule has 0 amide bonds. The van der Waals surface area contributed by atoms with Gasteiger partial charge in [0.05, 0.1) is 5.69 Å². The van der Waals surface area contributed by atoms with Gasteiger partial charge in [0.15, 0.2) is 0 Å². The molecule has 2 aromatic rings. The molecule has 8 nitrogen and oxygen atoms in total. The fourth-order valence-electron chi connectivity index (χ4n) is 1.67. The number of aromatic nitrogens is 3. The zero-order valence-electron chi connectivity index (χ0n) is 9.76. The second kappa shape index (κ2) is 5.04. The monoisotopic (exact) mass is 265 g/mol. The first-order valence-corrected chi connectivity index (χ1v) is 5.35. The minimum absolute atomic E-state index is 0.238. The Morgan fingerprint density at radius 1 is 0.789 bits per heavy atom. The number of hydrogen-bond donors (Lipinski definition) is 2. The Morgan fingerprint density at radius 3 is 1.68 bits per heavy atom. The lowest BCUT2D eigenvalue weighted by Gasteiger charge is -2.10. The third kappa shape index (κ3) is 2.02. The minimum Gasteiger partial charge on any atom is -0.376 e. The smallest absolute Gasteiger partial charge is 0.342 e. The number of para-hydroxylation sites is 1. The van der Waals surface area contributed by atoms with Crippen LogP contribution in [0.3, 0.4) is 0 Å². The zero-order chi connectivity index (χ0) is 14.0. The lowest BCUT2D eigenvalue weighted by Crippen LogP contribution is -2.54. The van der Waals surface area contributed by atoms with E-state index in [9.17, 15) is 14.4 Å². The molecule has 0 saturated heterocycles. The third-order valence-corrected chi connectivity index (χ3v) is 2.60. The zero-order valence-corrected chi connectivity index (χ0v) is 9.76. The average Bonchev–Trinajstić information content (AvgIpc) is 2.41. The molecule has 0 fully saturated rings. The van der Waals surface area contributed by atoms with Crippen molar-refractivity contribution in [1.82, 2.24) is 13.7 Å². The molecule has 0 aliphatic heterocycles. The van der Waals surface area contributed by atoms with E-state index in [1.165, 1.54) is 12.1 Å². The van der Waals surface area contributed by atoms with Crippen LogP contribution in [0.25, 0.3) is 5.69 Å². The standard InChI is InChI=1S/C11H11N3O5/c15-6-12-9(17)13(7-16)11(19)14(10(12)18)8-4-2-1-3-5-8/h1-5,15-16H,6-7H2. The van der Waals surface area contributed by atoms with Gasteiger partial charge in [-0.2, -0.15) is 0 Å². The lowest BCUT2D eigenvalue weighted by atomic mass is 10.3. The number of rotatable bonds is 3. The maximum Gasteiger partial charge on any atom is 0.342 e. The Balaban J connectivity index is 2.94. The molecule has 0 unspecified atom stereocenters. The SMILES string of the molecule is O=c1n(CO)c(=O)n(-c2ccccc2)c(=O)n1CO. The van der Waals surface area contributed by atoms with Crippen molar-refractivity contribution < 1.29 is 10.2 Å². The molecule has 0 bridgehead atoms. The molecule has 1 heterocycles. The van der Waals surface area contributed by atoms with Gasteiger partial charge in [-0.05, 0) is 12.1 Å². The minimum atomic E-state index is -1.06. The number of aliphatic hydroxyl groups excluding tert-OH is 2. The topological polar surface area (TPSA) is 106 Å². The summed E-state index contributed by atoms with van der Waals surface area (Å²) in [4.78, 5) is 35.6. The quantitative estimate of drug-likeness (QED) is 0.671. The maximum atomic E-state index is 12.0. The number of hydrogen-bond acceptors (Lipinski definition) is 5. The van der Waals surface area contributed by atoms with Gasteiger partial charge in [0.1, 0.15) is 13.5 Å². The normalized spacial score (nSPS) is 10.6. The predicted molar refractivity (Wildman–Crippen MR) is 65.0 cm³/mol. The van der Waals surface area contributed by atoms with Crippen molar-refractivity contribution in [3.05, 3.63) is 61.8 Å². The molecule has 0 saturated carbocycles. The Morgan fingerprint density at radius 2 is 1.26 bits per heavy atom. The van der Waals surface area contributed by atoms with Gasteiger partial charge in [0.2, 0.25) is 0 Å². The summed E-state index contributed by atoms with van der Waals surface area (Å²) in [5, 5.41) is 18.1. The molecule has 19 heavy (non-hydrogen) atoms. The fraction of sp³-hybridized carbons (Fsp3) is 0.182. The van der Waals surface area contributed by atoms with Crippen molar-refractivity contribution in [3.63, 3.8) is 0 Å². The van der Waals surface area contributed by atoms with E-state index in [1.807, 2.05) is 0 Å². The second-order valence-electron chi connectivity index (χ2n) is 3.66. The highest BCUT2D eigenvalue weighted by molar-refractivity contribution is 5.30. The van der Waals surface area contributed by atoms with Crippen molar-refractivity contribution in [2.24, 2.45) is 0 Å². The van der Waals surface area contributed by atoms with E-state index < -0.39 is 30.5 Å². The van der Waals surface area contributed by atoms with Crippen LogP contribution in [0.4, 0.5) is 0 Å². The maximum absolute atomic E-state index is 12.0. The van der Waals surface area contributed by atoms with Crippen LogP contribution < -0.4 is 17.1 Å². The van der Waals surface area contributed by atoms with Gasteiger partial charge in [-0.1, -0.05) is 18.2 Å². The molecule has 100 valence electrons. The average molecular weight is 265 g/mol. The van der Waals surface area contributed by atoms with E-state index in [4.69, 9.17) is 10.2 Å². The molecular formula is C11H11N3O5. The van der Waals surface area contributed by atoms with Gasteiger partial charge in [-0.15, -0.1) is 0 Å². The third-order valence-electron chi connectivity index (χ3n) is 2.60. The van der Waals surface area contributed by atoms with E-state index in [2.05, 4.69) is 0 Å². The van der Waals surface area contributed by atoms with Crippen LogP contribution in [-0.4, -0.2) is 23.9 Å². The second-order valence-corrected chi connectivity index (χ2v) is 3.66. The van der Waals surface area contributed by atoms with Gasteiger partial charge in [-0.3, -0.25) is 0 Å². The highest BCUT2D eigenvalue weighted by Crippen LogP contribution is 1.99.